The molecule has 0 radical (unpaired) electrons. The van der Waals surface area contributed by atoms with Crippen LogP contribution in [0.15, 0.2) is 47.4 Å². The van der Waals surface area contributed by atoms with Crippen LogP contribution in [-0.4, -0.2) is 29.3 Å². The van der Waals surface area contributed by atoms with Gasteiger partial charge in [-0.05, 0) is 30.2 Å². The molecular formula is C17H16O5S. The van der Waals surface area contributed by atoms with Crippen molar-refractivity contribution in [3.8, 4) is 0 Å². The number of thioether (sulfide) groups is 1. The first-order valence-electron chi connectivity index (χ1n) is 6.80. The normalized spacial score (nSPS) is 11.9. The van der Waals surface area contributed by atoms with E-state index < -0.39 is 11.9 Å². The number of carboxylic acids is 2. The van der Waals surface area contributed by atoms with Crippen LogP contribution in [-0.2, 0) is 4.74 Å². The zero-order valence-corrected chi connectivity index (χ0v) is 13.5. The third kappa shape index (κ3) is 3.72. The van der Waals surface area contributed by atoms with Gasteiger partial charge in [0.05, 0.1) is 11.1 Å². The molecule has 5 nitrogen and oxygen atoms in total. The Hall–Kier alpha value is -2.31. The van der Waals surface area contributed by atoms with Crippen molar-refractivity contribution >= 4 is 23.7 Å². The highest BCUT2D eigenvalue weighted by Gasteiger charge is 2.22. The summed E-state index contributed by atoms with van der Waals surface area (Å²) >= 11 is 1.24. The lowest BCUT2D eigenvalue weighted by Gasteiger charge is -2.18. The number of hydrogen-bond donors (Lipinski definition) is 2. The fourth-order valence-electron chi connectivity index (χ4n) is 2.26. The SMILES string of the molecule is COC(Sc1ccc(C(=O)O)c(C)c1C(=O)O)c1ccccc1. The second-order valence-corrected chi connectivity index (χ2v) is 5.92. The predicted molar refractivity (Wildman–Crippen MR) is 87.1 cm³/mol. The summed E-state index contributed by atoms with van der Waals surface area (Å²) in [7, 11) is 1.55. The van der Waals surface area contributed by atoms with Crippen molar-refractivity contribution in [3.05, 3.63) is 64.7 Å². The van der Waals surface area contributed by atoms with Gasteiger partial charge < -0.3 is 14.9 Å². The van der Waals surface area contributed by atoms with Crippen molar-refractivity contribution < 1.29 is 24.5 Å². The van der Waals surface area contributed by atoms with E-state index in [0.29, 0.717) is 4.90 Å². The molecule has 1 unspecified atom stereocenters. The molecule has 6 heteroatoms. The number of carboxylic acid groups (broad SMARTS) is 2. The fourth-order valence-corrected chi connectivity index (χ4v) is 3.39. The molecule has 0 aliphatic carbocycles. The van der Waals surface area contributed by atoms with Gasteiger partial charge in [-0.2, -0.15) is 0 Å². The number of aromatic carboxylic acids is 2. The molecule has 0 spiro atoms. The third-order valence-corrected chi connectivity index (χ3v) is 4.66. The van der Waals surface area contributed by atoms with Crippen LogP contribution in [0.3, 0.4) is 0 Å². The summed E-state index contributed by atoms with van der Waals surface area (Å²) in [5, 5.41) is 18.6. The second kappa shape index (κ2) is 7.30. The lowest BCUT2D eigenvalue weighted by Crippen LogP contribution is -2.09. The Morgan fingerprint density at radius 3 is 2.22 bits per heavy atom. The van der Waals surface area contributed by atoms with E-state index in [4.69, 9.17) is 9.84 Å². The molecule has 0 aliphatic heterocycles. The summed E-state index contributed by atoms with van der Waals surface area (Å²) in [5.41, 5.74) is 0.729. The molecule has 2 aromatic carbocycles. The van der Waals surface area contributed by atoms with E-state index >= 15 is 0 Å². The summed E-state index contributed by atoms with van der Waals surface area (Å²) in [4.78, 5) is 23.2. The molecular weight excluding hydrogens is 316 g/mol. The molecule has 0 saturated carbocycles. The van der Waals surface area contributed by atoms with Crippen molar-refractivity contribution in [2.24, 2.45) is 0 Å². The maximum atomic E-state index is 11.6. The molecule has 0 heterocycles. The highest BCUT2D eigenvalue weighted by molar-refractivity contribution is 7.99. The Bertz CT molecular complexity index is 727. The summed E-state index contributed by atoms with van der Waals surface area (Å²) in [6.07, 6.45) is 0. The fraction of sp³-hybridized carbons (Fsp3) is 0.176. The van der Waals surface area contributed by atoms with E-state index in [2.05, 4.69) is 0 Å². The molecule has 2 aromatic rings. The zero-order valence-electron chi connectivity index (χ0n) is 12.6. The topological polar surface area (TPSA) is 83.8 Å². The van der Waals surface area contributed by atoms with E-state index in [1.54, 1.807) is 7.11 Å². The maximum Gasteiger partial charge on any atom is 0.337 e. The van der Waals surface area contributed by atoms with Gasteiger partial charge >= 0.3 is 11.9 Å². The number of benzene rings is 2. The first kappa shape index (κ1) is 17.1. The number of ether oxygens (including phenoxy) is 1. The molecule has 0 bridgehead atoms. The van der Waals surface area contributed by atoms with Crippen molar-refractivity contribution in [2.45, 2.75) is 17.3 Å². The van der Waals surface area contributed by atoms with Crippen LogP contribution >= 0.6 is 11.8 Å². The van der Waals surface area contributed by atoms with Crippen LogP contribution in [0.25, 0.3) is 0 Å². The monoisotopic (exact) mass is 332 g/mol. The van der Waals surface area contributed by atoms with Crippen LogP contribution in [0.5, 0.6) is 0 Å². The van der Waals surface area contributed by atoms with Crippen molar-refractivity contribution in [3.63, 3.8) is 0 Å². The minimum atomic E-state index is -1.16. The highest BCUT2D eigenvalue weighted by atomic mass is 32.2. The van der Waals surface area contributed by atoms with Crippen LogP contribution in [0, 0.1) is 6.92 Å². The Morgan fingerprint density at radius 2 is 1.70 bits per heavy atom. The van der Waals surface area contributed by atoms with Gasteiger partial charge in [0.15, 0.2) is 0 Å². The van der Waals surface area contributed by atoms with Gasteiger partial charge in [-0.1, -0.05) is 42.1 Å². The average molecular weight is 332 g/mol. The van der Waals surface area contributed by atoms with E-state index in [1.165, 1.54) is 30.8 Å². The molecule has 120 valence electrons. The lowest BCUT2D eigenvalue weighted by molar-refractivity contribution is 0.0692. The Balaban J connectivity index is 2.45. The van der Waals surface area contributed by atoms with E-state index in [9.17, 15) is 14.7 Å². The van der Waals surface area contributed by atoms with Gasteiger partial charge in [0, 0.05) is 12.0 Å². The Labute approximate surface area is 137 Å². The molecule has 23 heavy (non-hydrogen) atoms. The molecule has 0 saturated heterocycles. The minimum absolute atomic E-state index is 0.00659. The third-order valence-electron chi connectivity index (χ3n) is 3.39. The zero-order chi connectivity index (χ0) is 17.0. The van der Waals surface area contributed by atoms with Crippen LogP contribution in [0.2, 0.25) is 0 Å². The standard InChI is InChI=1S/C17H16O5S/c1-10-12(15(18)19)8-9-13(14(10)16(20)21)23-17(22-2)11-6-4-3-5-7-11/h3-9,17H,1-2H3,(H,18,19)(H,20,21). The van der Waals surface area contributed by atoms with Crippen LogP contribution < -0.4 is 0 Å². The number of hydrogen-bond acceptors (Lipinski definition) is 4. The largest absolute Gasteiger partial charge is 0.478 e. The molecule has 0 fully saturated rings. The van der Waals surface area contributed by atoms with Crippen LogP contribution in [0.1, 0.15) is 37.3 Å². The average Bonchev–Trinajstić information content (AvgIpc) is 2.52. The molecule has 1 atom stereocenters. The van der Waals surface area contributed by atoms with Crippen molar-refractivity contribution in [1.82, 2.24) is 0 Å². The number of methoxy groups -OCH3 is 1. The van der Waals surface area contributed by atoms with Crippen molar-refractivity contribution in [1.29, 1.82) is 0 Å². The number of rotatable bonds is 6. The Kier molecular flexibility index (Phi) is 5.41. The smallest absolute Gasteiger partial charge is 0.337 e. The van der Waals surface area contributed by atoms with Crippen LogP contribution in [0.4, 0.5) is 0 Å². The minimum Gasteiger partial charge on any atom is -0.478 e. The molecule has 0 aromatic heterocycles. The predicted octanol–water partition coefficient (Wildman–Crippen LogP) is 3.83. The molecule has 2 N–H and O–H groups in total. The molecule has 0 amide bonds. The van der Waals surface area contributed by atoms with E-state index in [-0.39, 0.29) is 22.1 Å². The summed E-state index contributed by atoms with van der Waals surface area (Å²) in [6.45, 7) is 1.50. The van der Waals surface area contributed by atoms with Gasteiger partial charge in [0.25, 0.3) is 0 Å². The quantitative estimate of drug-likeness (QED) is 0.618. The summed E-state index contributed by atoms with van der Waals surface area (Å²) in [6, 6.07) is 12.3. The summed E-state index contributed by atoms with van der Waals surface area (Å²) in [5.74, 6) is -2.30. The summed E-state index contributed by atoms with van der Waals surface area (Å²) < 4.78 is 5.45. The second-order valence-electron chi connectivity index (χ2n) is 4.82. The molecule has 2 rings (SSSR count). The lowest BCUT2D eigenvalue weighted by atomic mass is 10.0. The first-order valence-corrected chi connectivity index (χ1v) is 7.68. The van der Waals surface area contributed by atoms with Gasteiger partial charge in [-0.25, -0.2) is 9.59 Å². The van der Waals surface area contributed by atoms with Gasteiger partial charge in [0.2, 0.25) is 0 Å². The van der Waals surface area contributed by atoms with Crippen molar-refractivity contribution in [2.75, 3.05) is 7.11 Å². The van der Waals surface area contributed by atoms with E-state index in [1.807, 2.05) is 30.3 Å². The first-order chi connectivity index (χ1) is 11.0. The van der Waals surface area contributed by atoms with E-state index in [0.717, 1.165) is 5.56 Å². The van der Waals surface area contributed by atoms with Gasteiger partial charge in [0.1, 0.15) is 5.44 Å². The molecule has 0 aliphatic rings. The highest BCUT2D eigenvalue weighted by Crippen LogP contribution is 2.38. The number of carbonyl (C=O) groups is 2. The van der Waals surface area contributed by atoms with Gasteiger partial charge in [-0.15, -0.1) is 0 Å². The Morgan fingerprint density at radius 1 is 1.04 bits per heavy atom. The van der Waals surface area contributed by atoms with Gasteiger partial charge in [-0.3, -0.25) is 0 Å². The maximum absolute atomic E-state index is 11.6.